The summed E-state index contributed by atoms with van der Waals surface area (Å²) in [5, 5.41) is 3.65. The van der Waals surface area contributed by atoms with Crippen molar-refractivity contribution in [1.82, 2.24) is 5.32 Å². The van der Waals surface area contributed by atoms with E-state index in [2.05, 4.69) is 43.4 Å². The molecule has 16 heavy (non-hydrogen) atoms. The van der Waals surface area contributed by atoms with Gasteiger partial charge in [-0.3, -0.25) is 0 Å². The lowest BCUT2D eigenvalue weighted by atomic mass is 9.87. The molecule has 1 aromatic rings. The van der Waals surface area contributed by atoms with E-state index in [-0.39, 0.29) is 0 Å². The summed E-state index contributed by atoms with van der Waals surface area (Å²) in [6, 6.07) is 9.66. The molecule has 2 atom stereocenters. The fraction of sp³-hybridized carbons (Fsp3) is 0.600. The lowest BCUT2D eigenvalue weighted by molar-refractivity contribution is 0.299. The average molecular weight is 217 g/mol. The molecule has 0 saturated carbocycles. The molecule has 0 spiro atoms. The predicted molar refractivity (Wildman–Crippen MR) is 69.6 cm³/mol. The summed E-state index contributed by atoms with van der Waals surface area (Å²) >= 11 is 0. The first-order chi connectivity index (χ1) is 7.83. The molecule has 1 aromatic carbocycles. The van der Waals surface area contributed by atoms with Gasteiger partial charge in [0, 0.05) is 6.04 Å². The topological polar surface area (TPSA) is 12.0 Å². The monoisotopic (exact) mass is 217 g/mol. The lowest BCUT2D eigenvalue weighted by Crippen LogP contribution is -2.31. The molecule has 88 valence electrons. The summed E-state index contributed by atoms with van der Waals surface area (Å²) in [6.07, 6.45) is 5.12. The third-order valence-corrected chi connectivity index (χ3v) is 3.85. The molecule has 0 aliphatic carbocycles. The summed E-state index contributed by atoms with van der Waals surface area (Å²) in [4.78, 5) is 0. The van der Waals surface area contributed by atoms with Crippen LogP contribution in [-0.4, -0.2) is 6.54 Å². The van der Waals surface area contributed by atoms with Crippen LogP contribution in [0.1, 0.15) is 50.3 Å². The number of piperidine rings is 1. The molecule has 2 rings (SSSR count). The molecule has 1 aliphatic rings. The van der Waals surface area contributed by atoms with Crippen molar-refractivity contribution in [3.8, 4) is 0 Å². The second kappa shape index (κ2) is 5.49. The van der Waals surface area contributed by atoms with E-state index in [0.29, 0.717) is 6.04 Å². The van der Waals surface area contributed by atoms with Gasteiger partial charge in [0.05, 0.1) is 0 Å². The van der Waals surface area contributed by atoms with E-state index in [9.17, 15) is 0 Å². The molecule has 0 radical (unpaired) electrons. The van der Waals surface area contributed by atoms with Crippen molar-refractivity contribution in [2.45, 2.75) is 45.6 Å². The second-order valence-electron chi connectivity index (χ2n) is 4.90. The summed E-state index contributed by atoms with van der Waals surface area (Å²) in [5.74, 6) is 0.913. The summed E-state index contributed by atoms with van der Waals surface area (Å²) in [6.45, 7) is 5.72. The van der Waals surface area contributed by atoms with Gasteiger partial charge in [-0.2, -0.15) is 0 Å². The molecule has 1 fully saturated rings. The summed E-state index contributed by atoms with van der Waals surface area (Å²) < 4.78 is 0. The van der Waals surface area contributed by atoms with Crippen LogP contribution in [0.15, 0.2) is 24.3 Å². The van der Waals surface area contributed by atoms with Crippen molar-refractivity contribution in [2.75, 3.05) is 6.54 Å². The van der Waals surface area contributed by atoms with Crippen molar-refractivity contribution < 1.29 is 0 Å². The number of hydrogen-bond donors (Lipinski definition) is 1. The van der Waals surface area contributed by atoms with Gasteiger partial charge in [-0.25, -0.2) is 0 Å². The van der Waals surface area contributed by atoms with Crippen molar-refractivity contribution in [3.63, 3.8) is 0 Å². The lowest BCUT2D eigenvalue weighted by Gasteiger charge is -2.30. The number of benzene rings is 1. The second-order valence-corrected chi connectivity index (χ2v) is 4.90. The molecule has 1 aliphatic heterocycles. The quantitative estimate of drug-likeness (QED) is 0.814. The summed E-state index contributed by atoms with van der Waals surface area (Å²) in [7, 11) is 0. The Bertz CT molecular complexity index is 332. The largest absolute Gasteiger partial charge is 0.310 e. The maximum absolute atomic E-state index is 3.65. The molecular weight excluding hydrogens is 194 g/mol. The molecule has 0 aromatic heterocycles. The Morgan fingerprint density at radius 2 is 2.19 bits per heavy atom. The minimum Gasteiger partial charge on any atom is -0.310 e. The Labute approximate surface area is 99.3 Å². The number of aryl methyl sites for hydroxylation is 1. The third kappa shape index (κ3) is 2.65. The van der Waals surface area contributed by atoms with Gasteiger partial charge < -0.3 is 5.32 Å². The fourth-order valence-corrected chi connectivity index (χ4v) is 2.65. The van der Waals surface area contributed by atoms with Gasteiger partial charge in [-0.15, -0.1) is 0 Å². The zero-order chi connectivity index (χ0) is 11.4. The van der Waals surface area contributed by atoms with E-state index >= 15 is 0 Å². The SMILES string of the molecule is CCc1cccc(C2CC(CC)CCN2)c1. The van der Waals surface area contributed by atoms with Crippen LogP contribution in [0.5, 0.6) is 0 Å². The van der Waals surface area contributed by atoms with Crippen molar-refractivity contribution in [1.29, 1.82) is 0 Å². The van der Waals surface area contributed by atoms with Crippen molar-refractivity contribution in [2.24, 2.45) is 5.92 Å². The first-order valence-corrected chi connectivity index (χ1v) is 6.65. The Balaban J connectivity index is 2.10. The Morgan fingerprint density at radius 1 is 1.31 bits per heavy atom. The van der Waals surface area contributed by atoms with Gasteiger partial charge in [0.25, 0.3) is 0 Å². The molecule has 0 amide bonds. The molecule has 1 heteroatoms. The molecule has 0 bridgehead atoms. The number of hydrogen-bond acceptors (Lipinski definition) is 1. The van der Waals surface area contributed by atoms with E-state index in [1.54, 1.807) is 0 Å². The smallest absolute Gasteiger partial charge is 0.0322 e. The van der Waals surface area contributed by atoms with Crippen LogP contribution < -0.4 is 5.32 Å². The molecule has 1 nitrogen and oxygen atoms in total. The Kier molecular flexibility index (Phi) is 4.00. The van der Waals surface area contributed by atoms with Crippen LogP contribution in [0.3, 0.4) is 0 Å². The highest BCUT2D eigenvalue weighted by Gasteiger charge is 2.21. The predicted octanol–water partition coefficient (Wildman–Crippen LogP) is 3.70. The minimum atomic E-state index is 0.588. The van der Waals surface area contributed by atoms with Crippen LogP contribution in [0.25, 0.3) is 0 Å². The average Bonchev–Trinajstić information content (AvgIpc) is 2.39. The molecular formula is C15H23N. The van der Waals surface area contributed by atoms with Gasteiger partial charge in [-0.05, 0) is 42.9 Å². The van der Waals surface area contributed by atoms with Crippen LogP contribution in [0, 0.1) is 5.92 Å². The molecule has 1 saturated heterocycles. The van der Waals surface area contributed by atoms with Gasteiger partial charge >= 0.3 is 0 Å². The first-order valence-electron chi connectivity index (χ1n) is 6.65. The van der Waals surface area contributed by atoms with Crippen LogP contribution >= 0.6 is 0 Å². The zero-order valence-electron chi connectivity index (χ0n) is 10.5. The first kappa shape index (κ1) is 11.7. The zero-order valence-corrected chi connectivity index (χ0v) is 10.5. The Morgan fingerprint density at radius 3 is 2.94 bits per heavy atom. The van der Waals surface area contributed by atoms with Gasteiger partial charge in [0.1, 0.15) is 0 Å². The van der Waals surface area contributed by atoms with E-state index in [1.165, 1.54) is 36.9 Å². The minimum absolute atomic E-state index is 0.588. The van der Waals surface area contributed by atoms with Crippen LogP contribution in [0.2, 0.25) is 0 Å². The molecule has 1 N–H and O–H groups in total. The van der Waals surface area contributed by atoms with Crippen LogP contribution in [0.4, 0.5) is 0 Å². The maximum atomic E-state index is 3.65. The highest BCUT2D eigenvalue weighted by Crippen LogP contribution is 2.29. The summed E-state index contributed by atoms with van der Waals surface area (Å²) in [5.41, 5.74) is 2.94. The number of rotatable bonds is 3. The standard InChI is InChI=1S/C15H23N/c1-3-12-6-5-7-14(10-12)15-11-13(4-2)8-9-16-15/h5-7,10,13,15-16H,3-4,8-9,11H2,1-2H3. The fourth-order valence-electron chi connectivity index (χ4n) is 2.65. The van der Waals surface area contributed by atoms with E-state index in [4.69, 9.17) is 0 Å². The van der Waals surface area contributed by atoms with Crippen LogP contribution in [-0.2, 0) is 6.42 Å². The third-order valence-electron chi connectivity index (χ3n) is 3.85. The van der Waals surface area contributed by atoms with Gasteiger partial charge in [0.2, 0.25) is 0 Å². The highest BCUT2D eigenvalue weighted by molar-refractivity contribution is 5.26. The maximum Gasteiger partial charge on any atom is 0.0322 e. The van der Waals surface area contributed by atoms with Gasteiger partial charge in [-0.1, -0.05) is 44.5 Å². The number of nitrogens with one attached hydrogen (secondary N) is 1. The van der Waals surface area contributed by atoms with Crippen molar-refractivity contribution in [3.05, 3.63) is 35.4 Å². The molecule has 1 heterocycles. The molecule has 2 unspecified atom stereocenters. The van der Waals surface area contributed by atoms with E-state index < -0.39 is 0 Å². The van der Waals surface area contributed by atoms with Crippen molar-refractivity contribution >= 4 is 0 Å². The highest BCUT2D eigenvalue weighted by atomic mass is 14.9. The van der Waals surface area contributed by atoms with E-state index in [0.717, 1.165) is 12.3 Å². The van der Waals surface area contributed by atoms with Gasteiger partial charge in [0.15, 0.2) is 0 Å². The van der Waals surface area contributed by atoms with E-state index in [1.807, 2.05) is 0 Å². The normalized spacial score (nSPS) is 25.6. The Hall–Kier alpha value is -0.820.